The molecule has 0 saturated heterocycles. The average molecular weight is 299 g/mol. The van der Waals surface area contributed by atoms with Gasteiger partial charge in [0, 0.05) is 0 Å². The van der Waals surface area contributed by atoms with Gasteiger partial charge in [0.05, 0.1) is 0 Å². The first kappa shape index (κ1) is 15.7. The SMILES string of the molecule is CC(C)(C)OC(=O)CN[C](=[Fe+])C#Cc1ccccc1. The molecule has 0 amide bonds. The number of rotatable bonds is 3. The van der Waals surface area contributed by atoms with Crippen molar-refractivity contribution >= 4 is 10.5 Å². The van der Waals surface area contributed by atoms with Crippen LogP contribution >= 0.6 is 0 Å². The molecule has 101 valence electrons. The van der Waals surface area contributed by atoms with Crippen molar-refractivity contribution in [3.05, 3.63) is 35.9 Å². The molecule has 0 fully saturated rings. The van der Waals surface area contributed by atoms with Crippen LogP contribution in [0.4, 0.5) is 0 Å². The van der Waals surface area contributed by atoms with E-state index >= 15 is 0 Å². The maximum atomic E-state index is 11.5. The van der Waals surface area contributed by atoms with Crippen molar-refractivity contribution in [1.82, 2.24) is 5.32 Å². The second kappa shape index (κ2) is 7.25. The zero-order valence-electron chi connectivity index (χ0n) is 11.3. The second-order valence-electron chi connectivity index (χ2n) is 4.86. The van der Waals surface area contributed by atoms with Crippen molar-refractivity contribution in [2.45, 2.75) is 26.4 Å². The fraction of sp³-hybridized carbons (Fsp3) is 0.333. The predicted octanol–water partition coefficient (Wildman–Crippen LogP) is 1.65. The quantitative estimate of drug-likeness (QED) is 0.524. The molecule has 0 atom stereocenters. The first-order valence-electron chi connectivity index (χ1n) is 5.91. The third-order valence-electron chi connectivity index (χ3n) is 1.89. The summed E-state index contributed by atoms with van der Waals surface area (Å²) in [4.78, 5) is 11.5. The molecule has 0 bridgehead atoms. The Bertz CT molecular complexity index is 506. The van der Waals surface area contributed by atoms with E-state index in [1.165, 1.54) is 0 Å². The zero-order chi connectivity index (χ0) is 14.3. The maximum absolute atomic E-state index is 11.5. The van der Waals surface area contributed by atoms with Gasteiger partial charge < -0.3 is 0 Å². The molecule has 1 aromatic rings. The van der Waals surface area contributed by atoms with Crippen LogP contribution in [0, 0.1) is 11.8 Å². The summed E-state index contributed by atoms with van der Waals surface area (Å²) in [5, 5.41) is 2.83. The summed E-state index contributed by atoms with van der Waals surface area (Å²) in [6, 6.07) is 9.59. The van der Waals surface area contributed by atoms with Crippen LogP contribution in [-0.4, -0.2) is 22.7 Å². The number of esters is 1. The molecule has 0 heterocycles. The Balaban J connectivity index is 2.41. The monoisotopic (exact) mass is 299 g/mol. The van der Waals surface area contributed by atoms with Gasteiger partial charge in [-0.2, -0.15) is 0 Å². The molecule has 0 unspecified atom stereocenters. The second-order valence-corrected chi connectivity index (χ2v) is 5.41. The van der Waals surface area contributed by atoms with Crippen LogP contribution in [0.5, 0.6) is 0 Å². The van der Waals surface area contributed by atoms with E-state index in [9.17, 15) is 4.79 Å². The Kier molecular flexibility index (Phi) is 5.98. The number of carbonyl (C=O) groups is 1. The summed E-state index contributed by atoms with van der Waals surface area (Å²) in [6.07, 6.45) is 0. The van der Waals surface area contributed by atoms with E-state index in [1.807, 2.05) is 51.1 Å². The Hall–Kier alpha value is -1.40. The first-order chi connectivity index (χ1) is 8.87. The van der Waals surface area contributed by atoms with Gasteiger partial charge in [-0.1, -0.05) is 0 Å². The Labute approximate surface area is 122 Å². The molecule has 0 aliphatic rings. The van der Waals surface area contributed by atoms with Crippen LogP contribution in [0.25, 0.3) is 0 Å². The number of hydrogen-bond donors (Lipinski definition) is 1. The fourth-order valence-corrected chi connectivity index (χ4v) is 1.38. The fourth-order valence-electron chi connectivity index (χ4n) is 1.22. The molecule has 0 spiro atoms. The van der Waals surface area contributed by atoms with E-state index in [2.05, 4.69) is 32.7 Å². The molecule has 0 saturated carbocycles. The van der Waals surface area contributed by atoms with Gasteiger partial charge in [-0.25, -0.2) is 0 Å². The molecule has 19 heavy (non-hydrogen) atoms. The molecule has 3 nitrogen and oxygen atoms in total. The van der Waals surface area contributed by atoms with E-state index in [4.69, 9.17) is 4.74 Å². The summed E-state index contributed by atoms with van der Waals surface area (Å²) < 4.78 is 5.66. The standard InChI is InChI=1S/C15H17NO2.Fe/c1-15(2,3)18-14(17)12-16-11-7-10-13-8-5-4-6-9-13;/h4-6,8-9,16H,12H2,1-3H3;/q;+1. The molecule has 4 heteroatoms. The van der Waals surface area contributed by atoms with E-state index in [0.717, 1.165) is 5.56 Å². The number of ether oxygens (including phenoxy) is 1. The Morgan fingerprint density at radius 2 is 1.95 bits per heavy atom. The van der Waals surface area contributed by atoms with Crippen molar-refractivity contribution in [2.24, 2.45) is 0 Å². The molecule has 0 aliphatic heterocycles. The van der Waals surface area contributed by atoms with Crippen LogP contribution in [0.1, 0.15) is 26.3 Å². The minimum absolute atomic E-state index is 0.0690. The van der Waals surface area contributed by atoms with Gasteiger partial charge in [0.2, 0.25) is 0 Å². The van der Waals surface area contributed by atoms with Crippen molar-refractivity contribution in [1.29, 1.82) is 0 Å². The number of carbonyl (C=O) groups excluding carboxylic acids is 1. The first-order valence-corrected chi connectivity index (χ1v) is 6.46. The molecule has 0 aliphatic carbocycles. The number of nitrogens with one attached hydrogen (secondary N) is 1. The van der Waals surface area contributed by atoms with Crippen molar-refractivity contribution < 1.29 is 25.1 Å². The summed E-state index contributed by atoms with van der Waals surface area (Å²) >= 11 is 3.75. The normalized spacial score (nSPS) is 10.3. The zero-order valence-corrected chi connectivity index (χ0v) is 12.4. The molecule has 1 N–H and O–H groups in total. The van der Waals surface area contributed by atoms with Crippen molar-refractivity contribution in [3.63, 3.8) is 0 Å². The van der Waals surface area contributed by atoms with Gasteiger partial charge in [0.25, 0.3) is 0 Å². The summed E-state index contributed by atoms with van der Waals surface area (Å²) in [5.41, 5.74) is 0.429. The molecule has 0 aromatic heterocycles. The molecular formula is C15H17FeNO2+. The van der Waals surface area contributed by atoms with Crippen LogP contribution in [0.15, 0.2) is 30.3 Å². The van der Waals surface area contributed by atoms with Crippen LogP contribution in [0.2, 0.25) is 0 Å². The summed E-state index contributed by atoms with van der Waals surface area (Å²) in [6.45, 7) is 5.55. The van der Waals surface area contributed by atoms with E-state index in [1.54, 1.807) is 0 Å². The molecule has 1 aromatic carbocycles. The predicted molar refractivity (Wildman–Crippen MR) is 72.2 cm³/mol. The van der Waals surface area contributed by atoms with Crippen molar-refractivity contribution in [2.75, 3.05) is 6.54 Å². The van der Waals surface area contributed by atoms with Gasteiger partial charge in [0.1, 0.15) is 0 Å². The minimum atomic E-state index is -0.476. The van der Waals surface area contributed by atoms with Gasteiger partial charge in [-0.05, 0) is 0 Å². The van der Waals surface area contributed by atoms with E-state index < -0.39 is 5.60 Å². The van der Waals surface area contributed by atoms with E-state index in [-0.39, 0.29) is 12.5 Å². The molecule has 0 radical (unpaired) electrons. The van der Waals surface area contributed by atoms with Crippen LogP contribution in [0.3, 0.4) is 0 Å². The van der Waals surface area contributed by atoms with Crippen molar-refractivity contribution in [3.8, 4) is 11.8 Å². The third-order valence-corrected chi connectivity index (χ3v) is 2.22. The van der Waals surface area contributed by atoms with Crippen LogP contribution < -0.4 is 5.32 Å². The van der Waals surface area contributed by atoms with Gasteiger partial charge in [-0.3, -0.25) is 0 Å². The summed E-state index contributed by atoms with van der Waals surface area (Å²) in [7, 11) is 0. The topological polar surface area (TPSA) is 38.3 Å². The van der Waals surface area contributed by atoms with Gasteiger partial charge in [-0.15, -0.1) is 0 Å². The Morgan fingerprint density at radius 3 is 2.53 bits per heavy atom. The van der Waals surface area contributed by atoms with Crippen LogP contribution in [-0.2, 0) is 25.1 Å². The third kappa shape index (κ3) is 7.58. The average Bonchev–Trinajstić information content (AvgIpc) is 2.33. The molecular weight excluding hydrogens is 282 g/mol. The van der Waals surface area contributed by atoms with Gasteiger partial charge >= 0.3 is 122 Å². The number of benzene rings is 1. The van der Waals surface area contributed by atoms with E-state index in [0.29, 0.717) is 4.54 Å². The Morgan fingerprint density at radius 1 is 1.32 bits per heavy atom. The molecule has 1 rings (SSSR count). The van der Waals surface area contributed by atoms with Gasteiger partial charge in [0.15, 0.2) is 0 Å². The number of hydrogen-bond acceptors (Lipinski definition) is 3. The summed E-state index contributed by atoms with van der Waals surface area (Å²) in [5.74, 6) is 5.48.